The summed E-state index contributed by atoms with van der Waals surface area (Å²) in [7, 11) is 1.86. The van der Waals surface area contributed by atoms with Crippen molar-refractivity contribution in [3.8, 4) is 11.3 Å². The number of rotatable bonds is 3. The molecule has 140 valence electrons. The average Bonchev–Trinajstić information content (AvgIpc) is 3.33. The van der Waals surface area contributed by atoms with Crippen molar-refractivity contribution in [3.63, 3.8) is 0 Å². The molecule has 3 aromatic heterocycles. The lowest BCUT2D eigenvalue weighted by atomic mass is 9.96. The van der Waals surface area contributed by atoms with Gasteiger partial charge in [0.25, 0.3) is 0 Å². The van der Waals surface area contributed by atoms with E-state index in [2.05, 4.69) is 25.4 Å². The molecule has 5 heterocycles. The van der Waals surface area contributed by atoms with E-state index in [4.69, 9.17) is 0 Å². The molecule has 2 N–H and O–H groups in total. The maximum atomic E-state index is 14.8. The Balaban J connectivity index is 1.42. The van der Waals surface area contributed by atoms with Crippen LogP contribution in [0.25, 0.3) is 16.9 Å². The third-order valence-electron chi connectivity index (χ3n) is 5.76. The van der Waals surface area contributed by atoms with E-state index in [0.717, 1.165) is 19.3 Å². The quantitative estimate of drug-likeness (QED) is 0.720. The number of hydrogen-bond acceptors (Lipinski definition) is 6. The minimum absolute atomic E-state index is 0.0664. The fourth-order valence-electron chi connectivity index (χ4n) is 4.25. The summed E-state index contributed by atoms with van der Waals surface area (Å²) in [5.41, 5.74) is 0.952. The number of H-pyrrole nitrogens is 1. The molecule has 0 spiro atoms. The number of aromatic amines is 1. The molecule has 2 saturated heterocycles. The molecule has 27 heavy (non-hydrogen) atoms. The fourth-order valence-corrected chi connectivity index (χ4v) is 4.25. The highest BCUT2D eigenvalue weighted by Crippen LogP contribution is 2.33. The van der Waals surface area contributed by atoms with E-state index in [-0.39, 0.29) is 17.5 Å². The molecule has 8 nitrogen and oxygen atoms in total. The number of anilines is 1. The second kappa shape index (κ2) is 6.12. The molecule has 1 unspecified atom stereocenters. The lowest BCUT2D eigenvalue weighted by Crippen LogP contribution is -2.55. The first-order valence-corrected chi connectivity index (χ1v) is 9.12. The Labute approximate surface area is 154 Å². The molecular weight excluding hydrogens is 349 g/mol. The Morgan fingerprint density at radius 3 is 2.96 bits per heavy atom. The SMILES string of the molecule is CN(c1cnc(-c2c[nH]n3ccnc3c2=O)cn1)[C@H]1C[C@@H]2CCC(N2)[C@H]1F. The lowest BCUT2D eigenvalue weighted by Gasteiger charge is -2.38. The third kappa shape index (κ3) is 2.61. The van der Waals surface area contributed by atoms with Crippen LogP contribution >= 0.6 is 0 Å². The summed E-state index contributed by atoms with van der Waals surface area (Å²) in [5.74, 6) is 0.603. The number of imidazole rings is 1. The molecule has 4 atom stereocenters. The van der Waals surface area contributed by atoms with E-state index in [9.17, 15) is 9.18 Å². The van der Waals surface area contributed by atoms with E-state index >= 15 is 0 Å². The average molecular weight is 369 g/mol. The van der Waals surface area contributed by atoms with Crippen LogP contribution in [-0.2, 0) is 0 Å². The topological polar surface area (TPSA) is 91.2 Å². The number of aromatic nitrogens is 5. The molecule has 3 aromatic rings. The zero-order chi connectivity index (χ0) is 18.5. The van der Waals surface area contributed by atoms with E-state index in [1.807, 2.05) is 11.9 Å². The van der Waals surface area contributed by atoms with Gasteiger partial charge in [0, 0.05) is 37.7 Å². The highest BCUT2D eigenvalue weighted by Gasteiger charge is 2.43. The van der Waals surface area contributed by atoms with Crippen molar-refractivity contribution < 1.29 is 4.39 Å². The molecule has 2 bridgehead atoms. The van der Waals surface area contributed by atoms with E-state index in [1.165, 1.54) is 0 Å². The Hall–Kier alpha value is -2.81. The maximum Gasteiger partial charge on any atom is 0.233 e. The van der Waals surface area contributed by atoms with Crippen LogP contribution in [0.2, 0.25) is 0 Å². The Kier molecular flexibility index (Phi) is 3.71. The molecule has 5 rings (SSSR count). The van der Waals surface area contributed by atoms with Gasteiger partial charge >= 0.3 is 0 Å². The molecule has 2 aliphatic heterocycles. The smallest absolute Gasteiger partial charge is 0.233 e. The summed E-state index contributed by atoms with van der Waals surface area (Å²) in [6.45, 7) is 0. The number of hydrogen-bond donors (Lipinski definition) is 2. The van der Waals surface area contributed by atoms with Crippen molar-refractivity contribution in [1.29, 1.82) is 0 Å². The van der Waals surface area contributed by atoms with Gasteiger partial charge in [-0.05, 0) is 19.3 Å². The number of piperidine rings is 1. The first-order chi connectivity index (χ1) is 13.1. The van der Waals surface area contributed by atoms with Crippen molar-refractivity contribution in [3.05, 3.63) is 41.2 Å². The highest BCUT2D eigenvalue weighted by atomic mass is 19.1. The van der Waals surface area contributed by atoms with Crippen LogP contribution in [0.1, 0.15) is 19.3 Å². The number of fused-ring (bicyclic) bond motifs is 3. The van der Waals surface area contributed by atoms with Crippen LogP contribution in [0.4, 0.5) is 10.2 Å². The minimum atomic E-state index is -0.930. The van der Waals surface area contributed by atoms with Crippen molar-refractivity contribution in [2.45, 2.75) is 43.6 Å². The summed E-state index contributed by atoms with van der Waals surface area (Å²) >= 11 is 0. The fraction of sp³-hybridized carbons (Fsp3) is 0.444. The number of alkyl halides is 1. The van der Waals surface area contributed by atoms with Gasteiger partial charge in [-0.3, -0.25) is 14.9 Å². The summed E-state index contributed by atoms with van der Waals surface area (Å²) in [6, 6.07) is 0.0957. The minimum Gasteiger partial charge on any atom is -0.352 e. The Morgan fingerprint density at radius 2 is 2.15 bits per heavy atom. The first-order valence-electron chi connectivity index (χ1n) is 9.12. The lowest BCUT2D eigenvalue weighted by molar-refractivity contribution is 0.176. The van der Waals surface area contributed by atoms with Crippen molar-refractivity contribution in [2.75, 3.05) is 11.9 Å². The molecule has 0 aromatic carbocycles. The molecular formula is C18H20FN7O. The second-order valence-electron chi connectivity index (χ2n) is 7.30. The zero-order valence-electron chi connectivity index (χ0n) is 14.8. The van der Waals surface area contributed by atoms with Crippen LogP contribution in [0, 0.1) is 0 Å². The van der Waals surface area contributed by atoms with Gasteiger partial charge in [0.05, 0.1) is 29.7 Å². The molecule has 0 radical (unpaired) electrons. The zero-order valence-corrected chi connectivity index (χ0v) is 14.8. The van der Waals surface area contributed by atoms with Gasteiger partial charge in [-0.15, -0.1) is 0 Å². The van der Waals surface area contributed by atoms with Crippen LogP contribution in [0.3, 0.4) is 0 Å². The second-order valence-corrected chi connectivity index (χ2v) is 7.30. The molecule has 0 saturated carbocycles. The largest absolute Gasteiger partial charge is 0.352 e. The van der Waals surface area contributed by atoms with Gasteiger partial charge in [0.15, 0.2) is 0 Å². The number of nitrogens with one attached hydrogen (secondary N) is 2. The normalized spacial score (nSPS) is 27.2. The van der Waals surface area contributed by atoms with Crippen LogP contribution in [-0.4, -0.2) is 55.9 Å². The van der Waals surface area contributed by atoms with Gasteiger partial charge in [-0.1, -0.05) is 0 Å². The molecule has 0 amide bonds. The van der Waals surface area contributed by atoms with E-state index in [0.29, 0.717) is 28.8 Å². The number of nitrogens with zero attached hydrogens (tertiary/aromatic N) is 5. The van der Waals surface area contributed by atoms with Gasteiger partial charge < -0.3 is 10.2 Å². The predicted molar refractivity (Wildman–Crippen MR) is 98.5 cm³/mol. The van der Waals surface area contributed by atoms with E-state index in [1.54, 1.807) is 35.5 Å². The number of halogens is 1. The molecule has 9 heteroatoms. The van der Waals surface area contributed by atoms with Crippen LogP contribution in [0.5, 0.6) is 0 Å². The van der Waals surface area contributed by atoms with Gasteiger partial charge in [-0.25, -0.2) is 18.9 Å². The monoisotopic (exact) mass is 369 g/mol. The predicted octanol–water partition coefficient (Wildman–Crippen LogP) is 1.15. The van der Waals surface area contributed by atoms with Crippen LogP contribution < -0.4 is 15.6 Å². The summed E-state index contributed by atoms with van der Waals surface area (Å²) in [5, 5.41) is 6.31. The first kappa shape index (κ1) is 16.4. The standard InChI is InChI=1S/C18H20FN7O/c1-25(14-6-10-2-3-12(24-10)16(14)19)15-9-21-13(8-22-15)11-7-23-26-5-4-20-18(26)17(11)27/h4-5,7-10,12,14,16,23-24H,2-3,6H2,1H3/t10-,12?,14-,16+/m0/s1. The molecule has 2 aliphatic rings. The van der Waals surface area contributed by atoms with Gasteiger partial charge in [0.1, 0.15) is 12.0 Å². The maximum absolute atomic E-state index is 14.8. The van der Waals surface area contributed by atoms with Gasteiger partial charge in [0.2, 0.25) is 11.1 Å². The molecule has 2 fully saturated rings. The van der Waals surface area contributed by atoms with Gasteiger partial charge in [-0.2, -0.15) is 0 Å². The van der Waals surface area contributed by atoms with Crippen molar-refractivity contribution >= 4 is 11.5 Å². The summed E-state index contributed by atoms with van der Waals surface area (Å²) in [6.07, 6.45) is 9.71. The molecule has 0 aliphatic carbocycles. The van der Waals surface area contributed by atoms with Crippen LogP contribution in [0.15, 0.2) is 35.8 Å². The third-order valence-corrected chi connectivity index (χ3v) is 5.76. The Morgan fingerprint density at radius 1 is 1.26 bits per heavy atom. The Bertz CT molecular complexity index is 1030. The van der Waals surface area contributed by atoms with Crippen molar-refractivity contribution in [1.82, 2.24) is 29.9 Å². The highest BCUT2D eigenvalue weighted by molar-refractivity contribution is 5.62. The van der Waals surface area contributed by atoms with Crippen molar-refractivity contribution in [2.24, 2.45) is 0 Å². The van der Waals surface area contributed by atoms with E-state index < -0.39 is 6.17 Å². The summed E-state index contributed by atoms with van der Waals surface area (Å²) < 4.78 is 16.3. The summed E-state index contributed by atoms with van der Waals surface area (Å²) in [4.78, 5) is 27.3.